The number of hydrogen-bond donors (Lipinski definition) is 2. The van der Waals surface area contributed by atoms with Crippen molar-refractivity contribution in [1.29, 1.82) is 5.41 Å². The molecule has 0 saturated carbocycles. The Kier molecular flexibility index (Phi) is 7.72. The molecule has 0 aliphatic carbocycles. The van der Waals surface area contributed by atoms with Crippen LogP contribution < -0.4 is 4.90 Å². The van der Waals surface area contributed by atoms with Crippen molar-refractivity contribution in [3.8, 4) is 0 Å². The molecule has 0 radical (unpaired) electrons. The van der Waals surface area contributed by atoms with E-state index in [1.807, 2.05) is 44.2 Å². The van der Waals surface area contributed by atoms with Gasteiger partial charge in [-0.25, -0.2) is 4.98 Å². The second-order valence-corrected chi connectivity index (χ2v) is 7.88. The molecule has 0 fully saturated rings. The first-order valence-electron chi connectivity index (χ1n) is 11.2. The summed E-state index contributed by atoms with van der Waals surface area (Å²) in [6.07, 6.45) is 7.69. The van der Waals surface area contributed by atoms with Gasteiger partial charge in [0.05, 0.1) is 16.7 Å². The topological polar surface area (TPSA) is 85.7 Å². The molecule has 3 aromatic rings. The molecule has 2 heterocycles. The van der Waals surface area contributed by atoms with Crippen molar-refractivity contribution < 1.29 is 4.79 Å². The van der Waals surface area contributed by atoms with Gasteiger partial charge in [0.25, 0.3) is 0 Å². The number of carbonyl (C=O) groups is 1. The molecule has 0 amide bonds. The lowest BCUT2D eigenvalue weighted by molar-refractivity contribution is 0.103. The number of pyridine rings is 1. The number of imidazole rings is 1. The Labute approximate surface area is 195 Å². The van der Waals surface area contributed by atoms with E-state index < -0.39 is 0 Å². The van der Waals surface area contributed by atoms with Crippen molar-refractivity contribution >= 4 is 34.3 Å². The molecule has 0 aliphatic heterocycles. The SMILES string of the molecule is C=C(C)/C(C=CC)=C(\C=N)c1cc(C(=O)c2nc3ccc(N(CC)CCC)cc3[nH]2)ccn1. The van der Waals surface area contributed by atoms with E-state index in [0.717, 1.165) is 47.4 Å². The second kappa shape index (κ2) is 10.7. The van der Waals surface area contributed by atoms with E-state index in [2.05, 4.69) is 40.3 Å². The van der Waals surface area contributed by atoms with Crippen LogP contribution in [-0.4, -0.2) is 40.0 Å². The normalized spacial score (nSPS) is 12.1. The number of allylic oxidation sites excluding steroid dienone is 5. The van der Waals surface area contributed by atoms with Crippen LogP contribution in [0.4, 0.5) is 5.69 Å². The van der Waals surface area contributed by atoms with Crippen LogP contribution in [0.2, 0.25) is 0 Å². The molecule has 0 unspecified atom stereocenters. The number of anilines is 1. The fourth-order valence-electron chi connectivity index (χ4n) is 3.82. The van der Waals surface area contributed by atoms with Crippen LogP contribution in [0, 0.1) is 5.41 Å². The summed E-state index contributed by atoms with van der Waals surface area (Å²) in [7, 11) is 0. The van der Waals surface area contributed by atoms with Crippen molar-refractivity contribution in [3.63, 3.8) is 0 Å². The van der Waals surface area contributed by atoms with Crippen LogP contribution >= 0.6 is 0 Å². The molecule has 2 N–H and O–H groups in total. The van der Waals surface area contributed by atoms with Crippen LogP contribution in [0.15, 0.2) is 66.4 Å². The maximum absolute atomic E-state index is 13.2. The van der Waals surface area contributed by atoms with E-state index in [-0.39, 0.29) is 11.6 Å². The van der Waals surface area contributed by atoms with E-state index in [4.69, 9.17) is 5.41 Å². The van der Waals surface area contributed by atoms with Gasteiger partial charge in [-0.2, -0.15) is 0 Å². The molecular formula is C27H31N5O. The minimum Gasteiger partial charge on any atom is -0.372 e. The number of ketones is 1. The Morgan fingerprint density at radius 2 is 2.03 bits per heavy atom. The summed E-state index contributed by atoms with van der Waals surface area (Å²) in [5.41, 5.74) is 5.94. The van der Waals surface area contributed by atoms with Gasteiger partial charge in [0, 0.05) is 42.3 Å². The van der Waals surface area contributed by atoms with Gasteiger partial charge >= 0.3 is 0 Å². The number of nitrogens with zero attached hydrogens (tertiary/aromatic N) is 3. The zero-order valence-corrected chi connectivity index (χ0v) is 19.8. The highest BCUT2D eigenvalue weighted by Crippen LogP contribution is 2.24. The zero-order valence-electron chi connectivity index (χ0n) is 19.8. The molecule has 170 valence electrons. The molecule has 0 saturated heterocycles. The molecule has 6 nitrogen and oxygen atoms in total. The van der Waals surface area contributed by atoms with Gasteiger partial charge in [-0.3, -0.25) is 9.78 Å². The second-order valence-electron chi connectivity index (χ2n) is 7.88. The van der Waals surface area contributed by atoms with Gasteiger partial charge in [-0.1, -0.05) is 31.2 Å². The van der Waals surface area contributed by atoms with Crippen LogP contribution in [0.25, 0.3) is 16.6 Å². The Bertz CT molecular complexity index is 1250. The van der Waals surface area contributed by atoms with Crippen LogP contribution in [-0.2, 0) is 0 Å². The fourth-order valence-corrected chi connectivity index (χ4v) is 3.82. The first-order valence-corrected chi connectivity index (χ1v) is 11.2. The lowest BCUT2D eigenvalue weighted by atomic mass is 9.98. The summed E-state index contributed by atoms with van der Waals surface area (Å²) in [6.45, 7) is 14.0. The lowest BCUT2D eigenvalue weighted by Gasteiger charge is -2.22. The summed E-state index contributed by atoms with van der Waals surface area (Å²) in [5.74, 6) is 0.0661. The molecule has 0 spiro atoms. The largest absolute Gasteiger partial charge is 0.372 e. The van der Waals surface area contributed by atoms with Crippen LogP contribution in [0.3, 0.4) is 0 Å². The smallest absolute Gasteiger partial charge is 0.228 e. The van der Waals surface area contributed by atoms with Crippen molar-refractivity contribution in [2.24, 2.45) is 0 Å². The molecule has 0 bridgehead atoms. The van der Waals surface area contributed by atoms with Crippen molar-refractivity contribution in [1.82, 2.24) is 15.0 Å². The highest BCUT2D eigenvalue weighted by Gasteiger charge is 2.17. The monoisotopic (exact) mass is 441 g/mol. The Morgan fingerprint density at radius 1 is 1.24 bits per heavy atom. The van der Waals surface area contributed by atoms with Gasteiger partial charge < -0.3 is 15.3 Å². The van der Waals surface area contributed by atoms with E-state index in [9.17, 15) is 4.79 Å². The Hall–Kier alpha value is -3.80. The number of aromatic nitrogens is 3. The zero-order chi connectivity index (χ0) is 24.0. The molecule has 3 rings (SSSR count). The number of rotatable bonds is 10. The quantitative estimate of drug-likeness (QED) is 0.230. The van der Waals surface area contributed by atoms with Gasteiger partial charge in [-0.05, 0) is 63.1 Å². The third kappa shape index (κ3) is 5.17. The molecule has 2 aromatic heterocycles. The van der Waals surface area contributed by atoms with Gasteiger partial charge in [0.15, 0.2) is 5.82 Å². The number of benzene rings is 1. The number of H-pyrrole nitrogens is 1. The first-order chi connectivity index (χ1) is 15.9. The lowest BCUT2D eigenvalue weighted by Crippen LogP contribution is -2.23. The first kappa shape index (κ1) is 23.9. The number of carbonyl (C=O) groups excluding carboxylic acids is 1. The summed E-state index contributed by atoms with van der Waals surface area (Å²) >= 11 is 0. The predicted molar refractivity (Wildman–Crippen MR) is 137 cm³/mol. The molecule has 0 atom stereocenters. The molecular weight excluding hydrogens is 410 g/mol. The summed E-state index contributed by atoms with van der Waals surface area (Å²) in [5, 5.41) is 7.91. The Balaban J connectivity index is 2.00. The average molecular weight is 442 g/mol. The third-order valence-corrected chi connectivity index (χ3v) is 5.45. The number of fused-ring (bicyclic) bond motifs is 1. The van der Waals surface area contributed by atoms with E-state index in [1.165, 1.54) is 6.21 Å². The highest BCUT2D eigenvalue weighted by molar-refractivity contribution is 6.12. The van der Waals surface area contributed by atoms with Crippen LogP contribution in [0.1, 0.15) is 56.0 Å². The molecule has 0 aliphatic rings. The van der Waals surface area contributed by atoms with Crippen LogP contribution in [0.5, 0.6) is 0 Å². The standard InChI is InChI=1S/C27H31N5O/c1-6-9-21(18(4)5)22(17-28)24-15-19(12-13-29-24)26(33)27-30-23-11-10-20(16-25(23)31-27)32(8-3)14-7-2/h6,9-13,15-17,28H,4,7-8,14H2,1-3,5H3,(H,30,31)/b9-6?,22-21+,28-17?. The van der Waals surface area contributed by atoms with Gasteiger partial charge in [0.1, 0.15) is 0 Å². The minimum atomic E-state index is -0.218. The number of nitrogens with one attached hydrogen (secondary N) is 2. The van der Waals surface area contributed by atoms with E-state index >= 15 is 0 Å². The van der Waals surface area contributed by atoms with E-state index in [1.54, 1.807) is 18.3 Å². The maximum Gasteiger partial charge on any atom is 0.228 e. The summed E-state index contributed by atoms with van der Waals surface area (Å²) < 4.78 is 0. The molecule has 33 heavy (non-hydrogen) atoms. The predicted octanol–water partition coefficient (Wildman–Crippen LogP) is 5.98. The highest BCUT2D eigenvalue weighted by atomic mass is 16.1. The Morgan fingerprint density at radius 3 is 2.67 bits per heavy atom. The number of aromatic amines is 1. The van der Waals surface area contributed by atoms with Crippen molar-refractivity contribution in [3.05, 3.63) is 83.5 Å². The summed E-state index contributed by atoms with van der Waals surface area (Å²) in [4.78, 5) is 27.7. The fraction of sp³-hybridized carbons (Fsp3) is 0.259. The molecule has 1 aromatic carbocycles. The van der Waals surface area contributed by atoms with E-state index in [0.29, 0.717) is 16.8 Å². The van der Waals surface area contributed by atoms with Gasteiger partial charge in [-0.15, -0.1) is 0 Å². The van der Waals surface area contributed by atoms with Crippen molar-refractivity contribution in [2.45, 2.75) is 34.1 Å². The minimum absolute atomic E-state index is 0.218. The summed E-state index contributed by atoms with van der Waals surface area (Å²) in [6, 6.07) is 9.40. The van der Waals surface area contributed by atoms with Crippen molar-refractivity contribution in [2.75, 3.05) is 18.0 Å². The average Bonchev–Trinajstić information content (AvgIpc) is 3.25. The molecule has 6 heteroatoms. The van der Waals surface area contributed by atoms with Gasteiger partial charge in [0.2, 0.25) is 5.78 Å². The number of hydrogen-bond acceptors (Lipinski definition) is 5. The third-order valence-electron chi connectivity index (χ3n) is 5.45. The maximum atomic E-state index is 13.2.